The van der Waals surface area contributed by atoms with Gasteiger partial charge in [-0.25, -0.2) is 0 Å². The van der Waals surface area contributed by atoms with Crippen LogP contribution in [0, 0.1) is 5.92 Å². The standard InChI is InChI=1S/C14H29N3O2/c1-3-11-5-7-14(18,8-6-11)10-16-12(4-2)9-13(15)17-19/h11-12,16,18-19H,3-10H2,1-2H3,(H2,15,17). The maximum Gasteiger partial charge on any atom is 0.140 e. The van der Waals surface area contributed by atoms with E-state index in [2.05, 4.69) is 24.3 Å². The average Bonchev–Trinajstić information content (AvgIpc) is 2.44. The molecule has 1 rings (SSSR count). The summed E-state index contributed by atoms with van der Waals surface area (Å²) in [7, 11) is 0. The maximum absolute atomic E-state index is 10.5. The number of rotatable bonds is 7. The Morgan fingerprint density at radius 3 is 2.53 bits per heavy atom. The molecule has 5 heteroatoms. The summed E-state index contributed by atoms with van der Waals surface area (Å²) >= 11 is 0. The van der Waals surface area contributed by atoms with E-state index in [1.807, 2.05) is 0 Å². The third-order valence-electron chi connectivity index (χ3n) is 4.41. The van der Waals surface area contributed by atoms with Crippen molar-refractivity contribution in [3.05, 3.63) is 0 Å². The van der Waals surface area contributed by atoms with Crippen molar-refractivity contribution < 1.29 is 10.3 Å². The Balaban J connectivity index is 2.37. The second kappa shape index (κ2) is 7.70. The molecule has 0 aromatic carbocycles. The molecule has 0 amide bonds. The van der Waals surface area contributed by atoms with Crippen LogP contribution in [-0.4, -0.2) is 34.3 Å². The summed E-state index contributed by atoms with van der Waals surface area (Å²) in [5.74, 6) is 1.01. The molecule has 0 bridgehead atoms. The highest BCUT2D eigenvalue weighted by atomic mass is 16.4. The van der Waals surface area contributed by atoms with Crippen LogP contribution < -0.4 is 11.1 Å². The average molecular weight is 271 g/mol. The van der Waals surface area contributed by atoms with E-state index < -0.39 is 5.60 Å². The first-order valence-corrected chi connectivity index (χ1v) is 7.45. The Morgan fingerprint density at radius 2 is 2.05 bits per heavy atom. The molecule has 5 N–H and O–H groups in total. The molecule has 0 radical (unpaired) electrons. The first kappa shape index (κ1) is 16.2. The number of nitrogens with one attached hydrogen (secondary N) is 1. The van der Waals surface area contributed by atoms with Gasteiger partial charge in [-0.3, -0.25) is 0 Å². The summed E-state index contributed by atoms with van der Waals surface area (Å²) in [6.07, 6.45) is 6.60. The summed E-state index contributed by atoms with van der Waals surface area (Å²) in [4.78, 5) is 0. The predicted octanol–water partition coefficient (Wildman–Crippen LogP) is 1.82. The van der Waals surface area contributed by atoms with Gasteiger partial charge in [-0.1, -0.05) is 25.4 Å². The topological polar surface area (TPSA) is 90.9 Å². The number of amidine groups is 1. The third kappa shape index (κ3) is 5.37. The molecule has 0 heterocycles. The van der Waals surface area contributed by atoms with Crippen molar-refractivity contribution in [2.75, 3.05) is 6.54 Å². The van der Waals surface area contributed by atoms with Crippen molar-refractivity contribution in [2.45, 2.75) is 70.4 Å². The molecule has 0 aliphatic heterocycles. The van der Waals surface area contributed by atoms with E-state index in [-0.39, 0.29) is 11.9 Å². The number of oxime groups is 1. The molecule has 1 aliphatic carbocycles. The molecule has 0 aromatic heterocycles. The summed E-state index contributed by atoms with van der Waals surface area (Å²) in [5, 5.41) is 25.5. The number of aliphatic hydroxyl groups is 1. The van der Waals surface area contributed by atoms with Crippen LogP contribution in [-0.2, 0) is 0 Å². The molecule has 0 aromatic rings. The van der Waals surface area contributed by atoms with Gasteiger partial charge in [-0.15, -0.1) is 0 Å². The fourth-order valence-corrected chi connectivity index (χ4v) is 2.79. The zero-order valence-corrected chi connectivity index (χ0v) is 12.2. The van der Waals surface area contributed by atoms with Crippen LogP contribution in [0.1, 0.15) is 58.8 Å². The molecule has 1 aliphatic rings. The highest BCUT2D eigenvalue weighted by Crippen LogP contribution is 2.33. The minimum atomic E-state index is -0.579. The lowest BCUT2D eigenvalue weighted by Crippen LogP contribution is -2.47. The Labute approximate surface area is 116 Å². The van der Waals surface area contributed by atoms with Gasteiger partial charge in [-0.05, 0) is 38.0 Å². The van der Waals surface area contributed by atoms with Crippen molar-refractivity contribution in [2.24, 2.45) is 16.8 Å². The normalized spacial score (nSPS) is 30.3. The summed E-state index contributed by atoms with van der Waals surface area (Å²) in [6, 6.07) is 0.156. The van der Waals surface area contributed by atoms with Gasteiger partial charge in [0.05, 0.1) is 5.60 Å². The van der Waals surface area contributed by atoms with Crippen LogP contribution in [0.25, 0.3) is 0 Å². The van der Waals surface area contributed by atoms with Gasteiger partial charge >= 0.3 is 0 Å². The molecule has 1 fully saturated rings. The van der Waals surface area contributed by atoms with Crippen molar-refractivity contribution in [3.63, 3.8) is 0 Å². The predicted molar refractivity (Wildman–Crippen MR) is 77.3 cm³/mol. The SMILES string of the molecule is CCC1CCC(O)(CNC(CC)CC(N)=NO)CC1. The highest BCUT2D eigenvalue weighted by molar-refractivity contribution is 5.80. The number of hydrogen-bond donors (Lipinski definition) is 4. The summed E-state index contributed by atoms with van der Waals surface area (Å²) < 4.78 is 0. The van der Waals surface area contributed by atoms with E-state index in [1.165, 1.54) is 6.42 Å². The quantitative estimate of drug-likeness (QED) is 0.246. The van der Waals surface area contributed by atoms with Gasteiger partial charge < -0.3 is 21.4 Å². The minimum absolute atomic E-state index is 0.156. The fraction of sp³-hybridized carbons (Fsp3) is 0.929. The van der Waals surface area contributed by atoms with Crippen LogP contribution in [0.3, 0.4) is 0 Å². The van der Waals surface area contributed by atoms with E-state index in [0.29, 0.717) is 13.0 Å². The second-order valence-electron chi connectivity index (χ2n) is 5.86. The fourth-order valence-electron chi connectivity index (χ4n) is 2.79. The first-order valence-electron chi connectivity index (χ1n) is 7.45. The van der Waals surface area contributed by atoms with Crippen LogP contribution in [0.4, 0.5) is 0 Å². The lowest BCUT2D eigenvalue weighted by molar-refractivity contribution is -0.0106. The molecule has 1 saturated carbocycles. The van der Waals surface area contributed by atoms with Crippen LogP contribution in [0.2, 0.25) is 0 Å². The molecule has 1 atom stereocenters. The van der Waals surface area contributed by atoms with Crippen LogP contribution >= 0.6 is 0 Å². The van der Waals surface area contributed by atoms with Crippen molar-refractivity contribution in [3.8, 4) is 0 Å². The molecular formula is C14H29N3O2. The van der Waals surface area contributed by atoms with Gasteiger partial charge in [0.1, 0.15) is 5.84 Å². The number of nitrogens with zero attached hydrogens (tertiary/aromatic N) is 1. The number of nitrogens with two attached hydrogens (primary N) is 1. The summed E-state index contributed by atoms with van der Waals surface area (Å²) in [5.41, 5.74) is 4.95. The van der Waals surface area contributed by atoms with E-state index in [4.69, 9.17) is 10.9 Å². The molecule has 1 unspecified atom stereocenters. The van der Waals surface area contributed by atoms with Crippen molar-refractivity contribution >= 4 is 5.84 Å². The largest absolute Gasteiger partial charge is 0.409 e. The van der Waals surface area contributed by atoms with Gasteiger partial charge in [0, 0.05) is 19.0 Å². The maximum atomic E-state index is 10.5. The molecule has 0 saturated heterocycles. The minimum Gasteiger partial charge on any atom is -0.409 e. The van der Waals surface area contributed by atoms with Crippen LogP contribution in [0.5, 0.6) is 0 Å². The Hall–Kier alpha value is -0.810. The lowest BCUT2D eigenvalue weighted by Gasteiger charge is -2.37. The Bertz CT molecular complexity index is 286. The second-order valence-corrected chi connectivity index (χ2v) is 5.86. The molecule has 19 heavy (non-hydrogen) atoms. The third-order valence-corrected chi connectivity index (χ3v) is 4.41. The number of hydrogen-bond acceptors (Lipinski definition) is 4. The Kier molecular flexibility index (Phi) is 6.58. The van der Waals surface area contributed by atoms with Gasteiger partial charge in [-0.2, -0.15) is 0 Å². The highest BCUT2D eigenvalue weighted by Gasteiger charge is 2.32. The van der Waals surface area contributed by atoms with Crippen molar-refractivity contribution in [1.29, 1.82) is 0 Å². The van der Waals surface area contributed by atoms with E-state index in [0.717, 1.165) is 38.0 Å². The van der Waals surface area contributed by atoms with E-state index >= 15 is 0 Å². The molecular weight excluding hydrogens is 242 g/mol. The molecule has 5 nitrogen and oxygen atoms in total. The van der Waals surface area contributed by atoms with Crippen LogP contribution in [0.15, 0.2) is 5.16 Å². The zero-order chi connectivity index (χ0) is 14.3. The smallest absolute Gasteiger partial charge is 0.140 e. The van der Waals surface area contributed by atoms with Gasteiger partial charge in [0.25, 0.3) is 0 Å². The monoisotopic (exact) mass is 271 g/mol. The van der Waals surface area contributed by atoms with E-state index in [9.17, 15) is 5.11 Å². The van der Waals surface area contributed by atoms with E-state index in [1.54, 1.807) is 0 Å². The Morgan fingerprint density at radius 1 is 1.42 bits per heavy atom. The lowest BCUT2D eigenvalue weighted by atomic mass is 9.77. The van der Waals surface area contributed by atoms with Gasteiger partial charge in [0.15, 0.2) is 0 Å². The first-order chi connectivity index (χ1) is 9.03. The van der Waals surface area contributed by atoms with Gasteiger partial charge in [0.2, 0.25) is 0 Å². The van der Waals surface area contributed by atoms with Crippen molar-refractivity contribution in [1.82, 2.24) is 5.32 Å². The summed E-state index contributed by atoms with van der Waals surface area (Å²) in [6.45, 7) is 4.87. The zero-order valence-electron chi connectivity index (χ0n) is 12.2. The molecule has 0 spiro atoms. The molecule has 112 valence electrons.